The molecule has 8 nitrogen and oxygen atoms in total. The van der Waals surface area contributed by atoms with Crippen LogP contribution >= 0.6 is 11.3 Å². The number of ether oxygens (including phenoxy) is 3. The number of methoxy groups -OCH3 is 1. The van der Waals surface area contributed by atoms with Crippen LogP contribution in [0.2, 0.25) is 0 Å². The van der Waals surface area contributed by atoms with Gasteiger partial charge in [-0.25, -0.2) is 14.2 Å². The second kappa shape index (κ2) is 9.62. The zero-order valence-corrected chi connectivity index (χ0v) is 15.4. The number of hydrogen-bond donors (Lipinski definition) is 1. The van der Waals surface area contributed by atoms with Crippen molar-refractivity contribution in [3.63, 3.8) is 0 Å². The topological polar surface area (TPSA) is 104 Å². The van der Waals surface area contributed by atoms with E-state index in [-0.39, 0.29) is 29.5 Å². The van der Waals surface area contributed by atoms with E-state index < -0.39 is 30.3 Å². The summed E-state index contributed by atoms with van der Waals surface area (Å²) in [5, 5.41) is 4.31. The number of benzene rings is 1. The van der Waals surface area contributed by atoms with Gasteiger partial charge in [0, 0.05) is 5.38 Å². The van der Waals surface area contributed by atoms with E-state index in [1.54, 1.807) is 12.3 Å². The minimum Gasteiger partial charge on any atom is -0.494 e. The number of carbonyl (C=O) groups excluding carboxylic acids is 3. The Bertz CT molecular complexity index is 839. The molecule has 0 saturated carbocycles. The van der Waals surface area contributed by atoms with Gasteiger partial charge in [-0.15, -0.1) is 11.3 Å². The Labute approximate surface area is 158 Å². The number of carbonyl (C=O) groups is 3. The SMILES string of the molecule is CCOC(=O)Cc1csc(NC(=O)COC(=O)c2ccc(OC)c(F)c2)n1. The summed E-state index contributed by atoms with van der Waals surface area (Å²) in [4.78, 5) is 39.2. The van der Waals surface area contributed by atoms with Crippen molar-refractivity contribution in [2.75, 3.05) is 25.6 Å². The monoisotopic (exact) mass is 396 g/mol. The molecule has 0 fully saturated rings. The molecule has 1 heterocycles. The first kappa shape index (κ1) is 20.3. The molecule has 2 aromatic rings. The van der Waals surface area contributed by atoms with Gasteiger partial charge < -0.3 is 14.2 Å². The highest BCUT2D eigenvalue weighted by molar-refractivity contribution is 7.13. The third kappa shape index (κ3) is 6.03. The highest BCUT2D eigenvalue weighted by atomic mass is 32.1. The summed E-state index contributed by atoms with van der Waals surface area (Å²) in [6, 6.07) is 3.57. The summed E-state index contributed by atoms with van der Waals surface area (Å²) >= 11 is 1.12. The van der Waals surface area contributed by atoms with Gasteiger partial charge in [-0.2, -0.15) is 0 Å². The van der Waals surface area contributed by atoms with Crippen LogP contribution in [-0.2, 0) is 25.5 Å². The maximum atomic E-state index is 13.6. The Balaban J connectivity index is 1.84. The van der Waals surface area contributed by atoms with Crippen LogP contribution in [0.3, 0.4) is 0 Å². The van der Waals surface area contributed by atoms with Crippen molar-refractivity contribution in [1.82, 2.24) is 4.98 Å². The molecule has 1 aromatic heterocycles. The Morgan fingerprint density at radius 1 is 1.26 bits per heavy atom. The van der Waals surface area contributed by atoms with Crippen LogP contribution in [0.25, 0.3) is 0 Å². The third-order valence-electron chi connectivity index (χ3n) is 3.15. The number of halogens is 1. The van der Waals surface area contributed by atoms with Crippen molar-refractivity contribution < 1.29 is 33.0 Å². The first-order valence-electron chi connectivity index (χ1n) is 7.83. The van der Waals surface area contributed by atoms with E-state index in [1.807, 2.05) is 0 Å². The lowest BCUT2D eigenvalue weighted by molar-refractivity contribution is -0.142. The number of amides is 1. The smallest absolute Gasteiger partial charge is 0.338 e. The Kier molecular flexibility index (Phi) is 7.24. The molecule has 0 spiro atoms. The predicted octanol–water partition coefficient (Wildman–Crippen LogP) is 2.19. The van der Waals surface area contributed by atoms with Crippen molar-refractivity contribution in [2.24, 2.45) is 0 Å². The third-order valence-corrected chi connectivity index (χ3v) is 3.96. The molecule has 0 bridgehead atoms. The second-order valence-corrected chi connectivity index (χ2v) is 5.96. The number of nitrogens with one attached hydrogen (secondary N) is 1. The molecule has 144 valence electrons. The average Bonchev–Trinajstić information content (AvgIpc) is 3.06. The maximum absolute atomic E-state index is 13.6. The van der Waals surface area contributed by atoms with Crippen LogP contribution in [0, 0.1) is 5.82 Å². The van der Waals surface area contributed by atoms with Crippen LogP contribution < -0.4 is 10.1 Å². The first-order valence-corrected chi connectivity index (χ1v) is 8.71. The fourth-order valence-corrected chi connectivity index (χ4v) is 2.70. The predicted molar refractivity (Wildman–Crippen MR) is 94.3 cm³/mol. The molecule has 0 aliphatic rings. The molecule has 1 aromatic carbocycles. The molecule has 2 rings (SSSR count). The number of rotatable bonds is 8. The molecule has 10 heteroatoms. The van der Waals surface area contributed by atoms with E-state index in [1.165, 1.54) is 19.2 Å². The van der Waals surface area contributed by atoms with Crippen molar-refractivity contribution >= 4 is 34.3 Å². The van der Waals surface area contributed by atoms with E-state index >= 15 is 0 Å². The first-order chi connectivity index (χ1) is 12.9. The Hall–Kier alpha value is -3.01. The molecular weight excluding hydrogens is 379 g/mol. The largest absolute Gasteiger partial charge is 0.494 e. The Morgan fingerprint density at radius 3 is 2.70 bits per heavy atom. The lowest BCUT2D eigenvalue weighted by Gasteiger charge is -2.06. The summed E-state index contributed by atoms with van der Waals surface area (Å²) in [5.74, 6) is -2.61. The van der Waals surface area contributed by atoms with E-state index in [0.29, 0.717) is 5.69 Å². The Morgan fingerprint density at radius 2 is 2.04 bits per heavy atom. The highest BCUT2D eigenvalue weighted by Gasteiger charge is 2.15. The molecule has 0 atom stereocenters. The maximum Gasteiger partial charge on any atom is 0.338 e. The summed E-state index contributed by atoms with van der Waals surface area (Å²) < 4.78 is 28.0. The molecular formula is C17H17FN2O6S. The van der Waals surface area contributed by atoms with Crippen LogP contribution in [0.1, 0.15) is 23.0 Å². The molecule has 1 amide bonds. The van der Waals surface area contributed by atoms with Gasteiger partial charge in [0.15, 0.2) is 23.3 Å². The van der Waals surface area contributed by atoms with Gasteiger partial charge in [0.05, 0.1) is 31.4 Å². The normalized spacial score (nSPS) is 10.2. The summed E-state index contributed by atoms with van der Waals surface area (Å²) in [6.45, 7) is 1.40. The van der Waals surface area contributed by atoms with Gasteiger partial charge in [0.1, 0.15) is 0 Å². The average molecular weight is 396 g/mol. The molecule has 0 unspecified atom stereocenters. The number of aromatic nitrogens is 1. The quantitative estimate of drug-likeness (QED) is 0.682. The molecule has 0 aliphatic heterocycles. The number of nitrogens with zero attached hydrogens (tertiary/aromatic N) is 1. The van der Waals surface area contributed by atoms with Crippen molar-refractivity contribution in [1.29, 1.82) is 0 Å². The summed E-state index contributed by atoms with van der Waals surface area (Å²) in [5.41, 5.74) is 0.409. The van der Waals surface area contributed by atoms with Crippen molar-refractivity contribution in [3.8, 4) is 5.75 Å². The van der Waals surface area contributed by atoms with E-state index in [9.17, 15) is 18.8 Å². The molecule has 27 heavy (non-hydrogen) atoms. The number of esters is 2. The standard InChI is InChI=1S/C17H17FN2O6S/c1-3-25-15(22)7-11-9-27-17(19-11)20-14(21)8-26-16(23)10-4-5-13(24-2)12(18)6-10/h4-6,9H,3,7-8H2,1-2H3,(H,19,20,21). The van der Waals surface area contributed by atoms with Crippen molar-refractivity contribution in [3.05, 3.63) is 40.7 Å². The summed E-state index contributed by atoms with van der Waals surface area (Å²) in [6.07, 6.45) is -0.00176. The fraction of sp³-hybridized carbons (Fsp3) is 0.294. The van der Waals surface area contributed by atoms with E-state index in [0.717, 1.165) is 17.4 Å². The van der Waals surface area contributed by atoms with Gasteiger partial charge in [-0.3, -0.25) is 14.9 Å². The van der Waals surface area contributed by atoms with Gasteiger partial charge in [0.2, 0.25) is 0 Å². The molecule has 0 saturated heterocycles. The van der Waals surface area contributed by atoms with Gasteiger partial charge >= 0.3 is 11.9 Å². The van der Waals surface area contributed by atoms with Crippen molar-refractivity contribution in [2.45, 2.75) is 13.3 Å². The zero-order chi connectivity index (χ0) is 19.8. The van der Waals surface area contributed by atoms with Gasteiger partial charge in [-0.1, -0.05) is 0 Å². The molecule has 0 radical (unpaired) electrons. The minimum atomic E-state index is -0.853. The lowest BCUT2D eigenvalue weighted by Crippen LogP contribution is -2.21. The van der Waals surface area contributed by atoms with Crippen LogP contribution in [0.15, 0.2) is 23.6 Å². The number of anilines is 1. The number of hydrogen-bond acceptors (Lipinski definition) is 8. The van der Waals surface area contributed by atoms with E-state index in [4.69, 9.17) is 14.2 Å². The summed E-state index contributed by atoms with van der Waals surface area (Å²) in [7, 11) is 1.30. The second-order valence-electron chi connectivity index (χ2n) is 5.10. The van der Waals surface area contributed by atoms with Gasteiger partial charge in [-0.05, 0) is 25.1 Å². The van der Waals surface area contributed by atoms with Gasteiger partial charge in [0.25, 0.3) is 5.91 Å². The minimum absolute atomic E-state index is 0.00176. The number of thiazole rings is 1. The van der Waals surface area contributed by atoms with E-state index in [2.05, 4.69) is 10.3 Å². The van der Waals surface area contributed by atoms with Crippen LogP contribution in [0.5, 0.6) is 5.75 Å². The molecule has 0 aliphatic carbocycles. The molecule has 1 N–H and O–H groups in total. The highest BCUT2D eigenvalue weighted by Crippen LogP contribution is 2.18. The van der Waals surface area contributed by atoms with Crippen LogP contribution in [-0.4, -0.2) is 43.2 Å². The van der Waals surface area contributed by atoms with Crippen LogP contribution in [0.4, 0.5) is 9.52 Å². The fourth-order valence-electron chi connectivity index (χ4n) is 1.97. The zero-order valence-electron chi connectivity index (χ0n) is 14.6. The lowest BCUT2D eigenvalue weighted by atomic mass is 10.2.